The van der Waals surface area contributed by atoms with Crippen LogP contribution >= 0.6 is 0 Å². The summed E-state index contributed by atoms with van der Waals surface area (Å²) in [6, 6.07) is 0. The van der Waals surface area contributed by atoms with Crippen LogP contribution in [0.5, 0.6) is 0 Å². The highest BCUT2D eigenvalue weighted by Gasteiger charge is 2.33. The first-order chi connectivity index (χ1) is 8.15. The lowest BCUT2D eigenvalue weighted by atomic mass is 9.79. The van der Waals surface area contributed by atoms with Crippen molar-refractivity contribution >= 4 is 0 Å². The van der Waals surface area contributed by atoms with Crippen molar-refractivity contribution in [2.75, 3.05) is 19.8 Å². The second kappa shape index (κ2) is 8.06. The molecule has 4 unspecified atom stereocenters. The van der Waals surface area contributed by atoms with Crippen LogP contribution in [0, 0.1) is 11.8 Å². The van der Waals surface area contributed by atoms with Gasteiger partial charge in [0.2, 0.25) is 0 Å². The second-order valence-corrected chi connectivity index (χ2v) is 5.42. The van der Waals surface area contributed by atoms with E-state index in [0.29, 0.717) is 25.0 Å². The molecule has 3 heteroatoms. The van der Waals surface area contributed by atoms with Gasteiger partial charge in [-0.2, -0.15) is 0 Å². The summed E-state index contributed by atoms with van der Waals surface area (Å²) < 4.78 is 11.2. The average molecular weight is 244 g/mol. The van der Waals surface area contributed by atoms with Gasteiger partial charge >= 0.3 is 0 Å². The van der Waals surface area contributed by atoms with Gasteiger partial charge in [0.25, 0.3) is 0 Å². The zero-order chi connectivity index (χ0) is 12.7. The van der Waals surface area contributed by atoms with Crippen LogP contribution in [0.3, 0.4) is 0 Å². The zero-order valence-corrected chi connectivity index (χ0v) is 11.5. The maximum atomic E-state index is 9.98. The van der Waals surface area contributed by atoms with Crippen molar-refractivity contribution in [1.82, 2.24) is 0 Å². The molecule has 102 valence electrons. The lowest BCUT2D eigenvalue weighted by Crippen LogP contribution is -2.41. The van der Waals surface area contributed by atoms with Gasteiger partial charge in [0.1, 0.15) is 0 Å². The molecule has 1 saturated carbocycles. The van der Waals surface area contributed by atoms with E-state index in [1.165, 1.54) is 0 Å². The second-order valence-electron chi connectivity index (χ2n) is 5.42. The minimum atomic E-state index is -0.301. The number of rotatable bonds is 7. The fourth-order valence-corrected chi connectivity index (χ4v) is 2.66. The van der Waals surface area contributed by atoms with Gasteiger partial charge in [-0.3, -0.25) is 0 Å². The molecule has 0 aliphatic heterocycles. The summed E-state index contributed by atoms with van der Waals surface area (Å²) in [7, 11) is 0. The van der Waals surface area contributed by atoms with Crippen molar-refractivity contribution < 1.29 is 14.6 Å². The largest absolute Gasteiger partial charge is 0.390 e. The van der Waals surface area contributed by atoms with Crippen LogP contribution in [-0.2, 0) is 9.47 Å². The van der Waals surface area contributed by atoms with E-state index in [2.05, 4.69) is 20.8 Å². The Morgan fingerprint density at radius 3 is 2.53 bits per heavy atom. The van der Waals surface area contributed by atoms with E-state index in [1.807, 2.05) is 0 Å². The third-order valence-corrected chi connectivity index (χ3v) is 3.54. The topological polar surface area (TPSA) is 38.7 Å². The number of hydrogen-bond acceptors (Lipinski definition) is 3. The van der Waals surface area contributed by atoms with Crippen LogP contribution in [-0.4, -0.2) is 37.1 Å². The SMILES string of the molecule is CCCCOCCOC1C(C)CC(C)CC1O. The molecule has 0 heterocycles. The molecule has 1 aliphatic carbocycles. The van der Waals surface area contributed by atoms with E-state index >= 15 is 0 Å². The van der Waals surface area contributed by atoms with Gasteiger partial charge in [0.15, 0.2) is 0 Å². The van der Waals surface area contributed by atoms with Gasteiger partial charge in [0, 0.05) is 6.61 Å². The maximum Gasteiger partial charge on any atom is 0.0860 e. The van der Waals surface area contributed by atoms with Crippen molar-refractivity contribution in [3.63, 3.8) is 0 Å². The highest BCUT2D eigenvalue weighted by atomic mass is 16.5. The molecule has 1 rings (SSSR count). The predicted octanol–water partition coefficient (Wildman–Crippen LogP) is 2.62. The molecule has 17 heavy (non-hydrogen) atoms. The number of aliphatic hydroxyl groups excluding tert-OH is 1. The molecule has 1 N–H and O–H groups in total. The fraction of sp³-hybridized carbons (Fsp3) is 1.00. The Bertz CT molecular complexity index is 184. The predicted molar refractivity (Wildman–Crippen MR) is 69.0 cm³/mol. The number of ether oxygens (including phenoxy) is 2. The monoisotopic (exact) mass is 244 g/mol. The molecular formula is C14H28O3. The van der Waals surface area contributed by atoms with Crippen LogP contribution in [0.25, 0.3) is 0 Å². The number of aliphatic hydroxyl groups is 1. The van der Waals surface area contributed by atoms with Gasteiger partial charge < -0.3 is 14.6 Å². The minimum absolute atomic E-state index is 0.000903. The lowest BCUT2D eigenvalue weighted by Gasteiger charge is -2.36. The molecule has 4 atom stereocenters. The summed E-state index contributed by atoms with van der Waals surface area (Å²) in [6.45, 7) is 8.59. The van der Waals surface area contributed by atoms with Gasteiger partial charge in [-0.15, -0.1) is 0 Å². The Morgan fingerprint density at radius 2 is 1.88 bits per heavy atom. The van der Waals surface area contributed by atoms with E-state index in [0.717, 1.165) is 32.3 Å². The molecule has 1 fully saturated rings. The van der Waals surface area contributed by atoms with Gasteiger partial charge in [-0.05, 0) is 31.1 Å². The normalized spacial score (nSPS) is 33.9. The Morgan fingerprint density at radius 1 is 1.12 bits per heavy atom. The summed E-state index contributed by atoms with van der Waals surface area (Å²) in [6.07, 6.45) is 3.99. The Hall–Kier alpha value is -0.120. The van der Waals surface area contributed by atoms with E-state index in [4.69, 9.17) is 9.47 Å². The average Bonchev–Trinajstić information content (AvgIpc) is 2.26. The highest BCUT2D eigenvalue weighted by Crippen LogP contribution is 2.30. The number of hydrogen-bond donors (Lipinski definition) is 1. The standard InChI is InChI=1S/C14H28O3/c1-4-5-6-16-7-8-17-14-12(3)9-11(2)10-13(14)15/h11-15H,4-10H2,1-3H3. The van der Waals surface area contributed by atoms with E-state index in [9.17, 15) is 5.11 Å². The first-order valence-electron chi connectivity index (χ1n) is 7.02. The smallest absolute Gasteiger partial charge is 0.0860 e. The third-order valence-electron chi connectivity index (χ3n) is 3.54. The van der Waals surface area contributed by atoms with Gasteiger partial charge in [-0.25, -0.2) is 0 Å². The third kappa shape index (κ3) is 5.36. The minimum Gasteiger partial charge on any atom is -0.390 e. The van der Waals surface area contributed by atoms with Crippen LogP contribution in [0.15, 0.2) is 0 Å². The van der Waals surface area contributed by atoms with E-state index in [-0.39, 0.29) is 12.2 Å². The first kappa shape index (κ1) is 14.9. The molecule has 0 spiro atoms. The Labute approximate surface area is 105 Å². The van der Waals surface area contributed by atoms with Crippen molar-refractivity contribution in [2.45, 2.75) is 58.7 Å². The van der Waals surface area contributed by atoms with Gasteiger partial charge in [0.05, 0.1) is 25.4 Å². The Balaban J connectivity index is 2.13. The summed E-state index contributed by atoms with van der Waals surface area (Å²) in [5.74, 6) is 1.06. The summed E-state index contributed by atoms with van der Waals surface area (Å²) >= 11 is 0. The summed E-state index contributed by atoms with van der Waals surface area (Å²) in [5.41, 5.74) is 0. The summed E-state index contributed by atoms with van der Waals surface area (Å²) in [4.78, 5) is 0. The van der Waals surface area contributed by atoms with Crippen LogP contribution in [0.1, 0.15) is 46.5 Å². The molecule has 0 aromatic rings. The lowest BCUT2D eigenvalue weighted by molar-refractivity contribution is -0.106. The van der Waals surface area contributed by atoms with Crippen molar-refractivity contribution in [2.24, 2.45) is 11.8 Å². The van der Waals surface area contributed by atoms with E-state index < -0.39 is 0 Å². The molecule has 3 nitrogen and oxygen atoms in total. The van der Waals surface area contributed by atoms with Crippen LogP contribution in [0.4, 0.5) is 0 Å². The molecule has 1 aliphatic rings. The zero-order valence-electron chi connectivity index (χ0n) is 11.5. The highest BCUT2D eigenvalue weighted by molar-refractivity contribution is 4.83. The molecule has 0 saturated heterocycles. The maximum absolute atomic E-state index is 9.98. The molecule has 0 aromatic carbocycles. The number of unbranched alkanes of at least 4 members (excludes halogenated alkanes) is 1. The molecule has 0 bridgehead atoms. The molecule has 0 amide bonds. The van der Waals surface area contributed by atoms with Crippen molar-refractivity contribution in [3.8, 4) is 0 Å². The Kier molecular flexibility index (Phi) is 7.09. The molecule has 0 aromatic heterocycles. The van der Waals surface area contributed by atoms with Crippen molar-refractivity contribution in [3.05, 3.63) is 0 Å². The van der Waals surface area contributed by atoms with E-state index in [1.54, 1.807) is 0 Å². The molecule has 0 radical (unpaired) electrons. The fourth-order valence-electron chi connectivity index (χ4n) is 2.66. The molecular weight excluding hydrogens is 216 g/mol. The first-order valence-corrected chi connectivity index (χ1v) is 7.02. The van der Waals surface area contributed by atoms with Crippen molar-refractivity contribution in [1.29, 1.82) is 0 Å². The summed E-state index contributed by atoms with van der Waals surface area (Å²) in [5, 5.41) is 9.98. The quantitative estimate of drug-likeness (QED) is 0.700. The van der Waals surface area contributed by atoms with Crippen LogP contribution in [0.2, 0.25) is 0 Å². The van der Waals surface area contributed by atoms with Gasteiger partial charge in [-0.1, -0.05) is 27.2 Å². The van der Waals surface area contributed by atoms with Crippen LogP contribution < -0.4 is 0 Å².